The smallest absolute Gasteiger partial charge is 0.321 e. The second-order valence-corrected chi connectivity index (χ2v) is 3.08. The number of nitrogens with zero attached hydrogens (tertiary/aromatic N) is 3. The molecule has 0 atom stereocenters. The minimum atomic E-state index is 0.385. The Bertz CT molecular complexity index is 429. The number of hydrogen-bond donors (Lipinski definition) is 1. The first-order chi connectivity index (χ1) is 7.90. The maximum atomic E-state index is 5.01. The minimum Gasteiger partial charge on any atom is -0.383 e. The van der Waals surface area contributed by atoms with E-state index in [0.717, 1.165) is 5.56 Å². The van der Waals surface area contributed by atoms with E-state index in [2.05, 4.69) is 20.4 Å². The van der Waals surface area contributed by atoms with Crippen LogP contribution < -0.4 is 5.32 Å². The summed E-state index contributed by atoms with van der Waals surface area (Å²) in [5, 5.41) is 6.79. The number of ether oxygens (including phenoxy) is 1. The molecule has 1 N–H and O–H groups in total. The first-order valence-corrected chi connectivity index (χ1v) is 4.87. The van der Waals surface area contributed by atoms with Gasteiger partial charge >= 0.3 is 6.01 Å². The van der Waals surface area contributed by atoms with Crippen molar-refractivity contribution in [3.63, 3.8) is 0 Å². The average molecular weight is 220 g/mol. The Balaban J connectivity index is 2.02. The maximum absolute atomic E-state index is 5.01. The normalized spacial score (nSPS) is 10.3. The molecule has 0 saturated heterocycles. The van der Waals surface area contributed by atoms with Gasteiger partial charge in [0.15, 0.2) is 0 Å². The SMILES string of the molecule is COCCNc1nc(-c2cccnc2)no1. The summed E-state index contributed by atoms with van der Waals surface area (Å²) >= 11 is 0. The molecule has 2 aromatic heterocycles. The van der Waals surface area contributed by atoms with E-state index in [9.17, 15) is 0 Å². The number of methoxy groups -OCH3 is 1. The summed E-state index contributed by atoms with van der Waals surface area (Å²) < 4.78 is 9.90. The van der Waals surface area contributed by atoms with E-state index < -0.39 is 0 Å². The lowest BCUT2D eigenvalue weighted by atomic mass is 10.3. The molecule has 0 amide bonds. The highest BCUT2D eigenvalue weighted by molar-refractivity contribution is 5.53. The van der Waals surface area contributed by atoms with Crippen LogP contribution in [-0.2, 0) is 4.74 Å². The maximum Gasteiger partial charge on any atom is 0.321 e. The van der Waals surface area contributed by atoms with Gasteiger partial charge in [0.1, 0.15) is 0 Å². The van der Waals surface area contributed by atoms with Crippen LogP contribution in [0.25, 0.3) is 11.4 Å². The first kappa shape index (κ1) is 10.6. The molecule has 2 rings (SSSR count). The summed E-state index contributed by atoms with van der Waals surface area (Å²) in [6.45, 7) is 1.22. The molecule has 0 aromatic carbocycles. The fourth-order valence-electron chi connectivity index (χ4n) is 1.17. The van der Waals surface area contributed by atoms with Crippen LogP contribution in [0.15, 0.2) is 29.0 Å². The van der Waals surface area contributed by atoms with Gasteiger partial charge in [-0.05, 0) is 12.1 Å². The fraction of sp³-hybridized carbons (Fsp3) is 0.300. The Morgan fingerprint density at radius 1 is 1.50 bits per heavy atom. The molecule has 0 spiro atoms. The summed E-state index contributed by atoms with van der Waals surface area (Å²) in [5.74, 6) is 0.521. The second kappa shape index (κ2) is 5.22. The molecule has 2 heterocycles. The van der Waals surface area contributed by atoms with E-state index in [-0.39, 0.29) is 0 Å². The molecule has 0 aliphatic rings. The number of anilines is 1. The van der Waals surface area contributed by atoms with E-state index in [0.29, 0.717) is 25.0 Å². The molecule has 6 heteroatoms. The van der Waals surface area contributed by atoms with Crippen molar-refractivity contribution in [1.29, 1.82) is 0 Å². The Kier molecular flexibility index (Phi) is 3.45. The van der Waals surface area contributed by atoms with Crippen molar-refractivity contribution >= 4 is 6.01 Å². The number of hydrogen-bond acceptors (Lipinski definition) is 6. The number of nitrogens with one attached hydrogen (secondary N) is 1. The average Bonchev–Trinajstić information content (AvgIpc) is 2.79. The van der Waals surface area contributed by atoms with E-state index in [1.54, 1.807) is 19.5 Å². The van der Waals surface area contributed by atoms with Crippen LogP contribution in [-0.4, -0.2) is 35.4 Å². The van der Waals surface area contributed by atoms with Crippen LogP contribution >= 0.6 is 0 Å². The number of aromatic nitrogens is 3. The second-order valence-electron chi connectivity index (χ2n) is 3.08. The monoisotopic (exact) mass is 220 g/mol. The zero-order valence-electron chi connectivity index (χ0n) is 8.88. The molecule has 0 aliphatic heterocycles. The van der Waals surface area contributed by atoms with E-state index in [1.165, 1.54) is 0 Å². The van der Waals surface area contributed by atoms with Crippen molar-refractivity contribution in [2.75, 3.05) is 25.6 Å². The molecule has 6 nitrogen and oxygen atoms in total. The predicted molar refractivity (Wildman–Crippen MR) is 57.9 cm³/mol. The molecule has 84 valence electrons. The molecule has 0 aliphatic carbocycles. The van der Waals surface area contributed by atoms with Gasteiger partial charge in [0, 0.05) is 31.6 Å². The lowest BCUT2D eigenvalue weighted by Crippen LogP contribution is -2.07. The zero-order valence-corrected chi connectivity index (χ0v) is 8.88. The molecule has 0 radical (unpaired) electrons. The Hall–Kier alpha value is -1.95. The molecular formula is C10H12N4O2. The molecule has 0 fully saturated rings. The van der Waals surface area contributed by atoms with E-state index >= 15 is 0 Å². The lowest BCUT2D eigenvalue weighted by Gasteiger charge is -1.97. The van der Waals surface area contributed by atoms with Crippen LogP contribution in [0.5, 0.6) is 0 Å². The molecule has 16 heavy (non-hydrogen) atoms. The van der Waals surface area contributed by atoms with Crippen molar-refractivity contribution < 1.29 is 9.26 Å². The first-order valence-electron chi connectivity index (χ1n) is 4.87. The quantitative estimate of drug-likeness (QED) is 0.763. The Morgan fingerprint density at radius 3 is 3.19 bits per heavy atom. The fourth-order valence-corrected chi connectivity index (χ4v) is 1.17. The van der Waals surface area contributed by atoms with Crippen molar-refractivity contribution in [3.8, 4) is 11.4 Å². The van der Waals surface area contributed by atoms with Gasteiger partial charge in [0.05, 0.1) is 6.61 Å². The van der Waals surface area contributed by atoms with Gasteiger partial charge in [-0.1, -0.05) is 5.16 Å². The highest BCUT2D eigenvalue weighted by atomic mass is 16.5. The molecular weight excluding hydrogens is 208 g/mol. The van der Waals surface area contributed by atoms with Gasteiger partial charge in [-0.25, -0.2) is 0 Å². The summed E-state index contributed by atoms with van der Waals surface area (Å²) in [7, 11) is 1.64. The summed E-state index contributed by atoms with van der Waals surface area (Å²) in [5.41, 5.74) is 0.825. The van der Waals surface area contributed by atoms with Gasteiger partial charge in [-0.2, -0.15) is 4.98 Å². The third-order valence-corrected chi connectivity index (χ3v) is 1.93. The highest BCUT2D eigenvalue weighted by Crippen LogP contribution is 2.15. The van der Waals surface area contributed by atoms with Crippen molar-refractivity contribution in [3.05, 3.63) is 24.5 Å². The number of pyridine rings is 1. The van der Waals surface area contributed by atoms with Crippen molar-refractivity contribution in [2.45, 2.75) is 0 Å². The van der Waals surface area contributed by atoms with E-state index in [4.69, 9.17) is 9.26 Å². The molecule has 0 saturated carbocycles. The van der Waals surface area contributed by atoms with E-state index in [1.807, 2.05) is 12.1 Å². The topological polar surface area (TPSA) is 73.1 Å². The highest BCUT2D eigenvalue weighted by Gasteiger charge is 2.07. The Labute approximate surface area is 92.7 Å². The standard InChI is InChI=1S/C10H12N4O2/c1-15-6-5-12-10-13-9(14-16-10)8-3-2-4-11-7-8/h2-4,7H,5-6H2,1H3,(H,12,13,14). The van der Waals surface area contributed by atoms with Gasteiger partial charge < -0.3 is 14.6 Å². The zero-order chi connectivity index (χ0) is 11.2. The van der Waals surface area contributed by atoms with Crippen molar-refractivity contribution in [1.82, 2.24) is 15.1 Å². The third kappa shape index (κ3) is 2.54. The van der Waals surface area contributed by atoms with Gasteiger partial charge in [0.25, 0.3) is 0 Å². The van der Waals surface area contributed by atoms with Crippen LogP contribution in [0.4, 0.5) is 6.01 Å². The van der Waals surface area contributed by atoms with Crippen LogP contribution in [0, 0.1) is 0 Å². The summed E-state index contributed by atoms with van der Waals surface area (Å²) in [6, 6.07) is 4.08. The van der Waals surface area contributed by atoms with Crippen LogP contribution in [0.1, 0.15) is 0 Å². The van der Waals surface area contributed by atoms with Gasteiger partial charge in [0.2, 0.25) is 5.82 Å². The minimum absolute atomic E-state index is 0.385. The van der Waals surface area contributed by atoms with Crippen molar-refractivity contribution in [2.24, 2.45) is 0 Å². The van der Waals surface area contributed by atoms with Gasteiger partial charge in [-0.3, -0.25) is 4.98 Å². The van der Waals surface area contributed by atoms with Gasteiger partial charge in [-0.15, -0.1) is 0 Å². The lowest BCUT2D eigenvalue weighted by molar-refractivity contribution is 0.210. The predicted octanol–water partition coefficient (Wildman–Crippen LogP) is 1.19. The number of rotatable bonds is 5. The van der Waals surface area contributed by atoms with Crippen LogP contribution in [0.2, 0.25) is 0 Å². The molecule has 0 unspecified atom stereocenters. The Morgan fingerprint density at radius 2 is 2.44 bits per heavy atom. The molecule has 2 aromatic rings. The summed E-state index contributed by atoms with van der Waals surface area (Å²) in [6.07, 6.45) is 3.38. The third-order valence-electron chi connectivity index (χ3n) is 1.93. The van der Waals surface area contributed by atoms with Crippen LogP contribution in [0.3, 0.4) is 0 Å². The largest absolute Gasteiger partial charge is 0.383 e. The molecule has 0 bridgehead atoms. The summed E-state index contributed by atoms with van der Waals surface area (Å²) in [4.78, 5) is 8.15.